The Labute approximate surface area is 128 Å². The molecule has 0 saturated heterocycles. The van der Waals surface area contributed by atoms with Crippen LogP contribution in [0.4, 0.5) is 5.69 Å². The summed E-state index contributed by atoms with van der Waals surface area (Å²) in [5.41, 5.74) is 7.58. The Morgan fingerprint density at radius 3 is 2.55 bits per heavy atom. The Kier molecular flexibility index (Phi) is 5.46. The predicted octanol–water partition coefficient (Wildman–Crippen LogP) is 2.82. The molecule has 1 unspecified atom stereocenters. The number of rotatable bonds is 7. The second-order valence-corrected chi connectivity index (χ2v) is 4.76. The van der Waals surface area contributed by atoms with E-state index in [2.05, 4.69) is 0 Å². The molecule has 2 N–H and O–H groups in total. The molecule has 0 aliphatic heterocycles. The molecule has 0 aliphatic rings. The molecular weight excluding hydrogens is 284 g/mol. The summed E-state index contributed by atoms with van der Waals surface area (Å²) in [7, 11) is 1.39. The highest BCUT2D eigenvalue weighted by molar-refractivity contribution is 5.52. The normalized spacial score (nSPS) is 11.9. The molecular formula is C16H18N2O4. The van der Waals surface area contributed by atoms with E-state index in [0.717, 1.165) is 5.56 Å². The third-order valence-corrected chi connectivity index (χ3v) is 3.23. The smallest absolute Gasteiger partial charge is 0.311 e. The van der Waals surface area contributed by atoms with Gasteiger partial charge < -0.3 is 15.2 Å². The number of methoxy groups -OCH3 is 1. The summed E-state index contributed by atoms with van der Waals surface area (Å²) in [5, 5.41) is 11.0. The molecule has 6 nitrogen and oxygen atoms in total. The second kappa shape index (κ2) is 7.53. The van der Waals surface area contributed by atoms with Crippen molar-refractivity contribution in [2.75, 3.05) is 13.7 Å². The van der Waals surface area contributed by atoms with Crippen LogP contribution in [-0.4, -0.2) is 18.6 Å². The maximum atomic E-state index is 11.0. The van der Waals surface area contributed by atoms with Crippen LogP contribution in [0.5, 0.6) is 5.75 Å². The first-order valence-electron chi connectivity index (χ1n) is 6.82. The maximum Gasteiger partial charge on any atom is 0.311 e. The lowest BCUT2D eigenvalue weighted by molar-refractivity contribution is -0.385. The molecule has 6 heteroatoms. The molecule has 0 radical (unpaired) electrons. The lowest BCUT2D eigenvalue weighted by Gasteiger charge is -2.16. The van der Waals surface area contributed by atoms with Crippen LogP contribution in [0.2, 0.25) is 0 Å². The Morgan fingerprint density at radius 2 is 1.91 bits per heavy atom. The summed E-state index contributed by atoms with van der Waals surface area (Å²) in [5.74, 6) is 0.184. The average molecular weight is 302 g/mol. The molecule has 0 fully saturated rings. The third-order valence-electron chi connectivity index (χ3n) is 3.23. The fraction of sp³-hybridized carbons (Fsp3) is 0.250. The van der Waals surface area contributed by atoms with Gasteiger partial charge in [0.05, 0.1) is 31.3 Å². The predicted molar refractivity (Wildman–Crippen MR) is 82.7 cm³/mol. The van der Waals surface area contributed by atoms with E-state index in [1.807, 2.05) is 30.3 Å². The standard InChI is InChI=1S/C16H18N2O4/c1-21-16-13(8-5-9-15(16)18(19)20)14(17)11-22-10-12-6-3-2-4-7-12/h2-9,14H,10-11,17H2,1H3. The number of nitro benzene ring substituents is 1. The van der Waals surface area contributed by atoms with Crippen LogP contribution in [0.1, 0.15) is 17.2 Å². The second-order valence-electron chi connectivity index (χ2n) is 4.76. The summed E-state index contributed by atoms with van der Waals surface area (Å²) < 4.78 is 10.7. The lowest BCUT2D eigenvalue weighted by Crippen LogP contribution is -2.18. The molecule has 0 heterocycles. The number of hydrogen-bond donors (Lipinski definition) is 1. The van der Waals surface area contributed by atoms with E-state index >= 15 is 0 Å². The molecule has 0 saturated carbocycles. The van der Waals surface area contributed by atoms with Gasteiger partial charge in [-0.25, -0.2) is 0 Å². The van der Waals surface area contributed by atoms with Crippen molar-refractivity contribution in [3.8, 4) is 5.75 Å². The Bertz CT molecular complexity index is 631. The van der Waals surface area contributed by atoms with Gasteiger partial charge >= 0.3 is 5.69 Å². The van der Waals surface area contributed by atoms with E-state index in [1.165, 1.54) is 13.2 Å². The van der Waals surface area contributed by atoms with Crippen LogP contribution in [0.15, 0.2) is 48.5 Å². The first-order valence-corrected chi connectivity index (χ1v) is 6.82. The minimum absolute atomic E-state index is 0.0986. The van der Waals surface area contributed by atoms with Gasteiger partial charge in [0.1, 0.15) is 0 Å². The van der Waals surface area contributed by atoms with Gasteiger partial charge in [-0.3, -0.25) is 10.1 Å². The third kappa shape index (κ3) is 3.81. The molecule has 0 spiro atoms. The van der Waals surface area contributed by atoms with Gasteiger partial charge in [-0.05, 0) is 5.56 Å². The van der Waals surface area contributed by atoms with E-state index in [4.69, 9.17) is 15.2 Å². The van der Waals surface area contributed by atoms with Crippen LogP contribution < -0.4 is 10.5 Å². The van der Waals surface area contributed by atoms with Crippen LogP contribution >= 0.6 is 0 Å². The van der Waals surface area contributed by atoms with Crippen molar-refractivity contribution in [3.05, 3.63) is 69.8 Å². The van der Waals surface area contributed by atoms with Crippen LogP contribution in [0, 0.1) is 10.1 Å². The van der Waals surface area contributed by atoms with Crippen molar-refractivity contribution in [1.82, 2.24) is 0 Å². The largest absolute Gasteiger partial charge is 0.490 e. The molecule has 0 bridgehead atoms. The summed E-state index contributed by atoms with van der Waals surface area (Å²) in [6.07, 6.45) is 0. The minimum Gasteiger partial charge on any atom is -0.490 e. The number of nitrogens with two attached hydrogens (primary N) is 1. The van der Waals surface area contributed by atoms with Crippen molar-refractivity contribution < 1.29 is 14.4 Å². The average Bonchev–Trinajstić information content (AvgIpc) is 2.54. The van der Waals surface area contributed by atoms with Crippen molar-refractivity contribution in [2.45, 2.75) is 12.6 Å². The molecule has 1 atom stereocenters. The quantitative estimate of drug-likeness (QED) is 0.627. The SMILES string of the molecule is COc1c(C(N)COCc2ccccc2)cccc1[N+](=O)[O-]. The molecule has 22 heavy (non-hydrogen) atoms. The Balaban J connectivity index is 2.04. The molecule has 2 rings (SSSR count). The number of para-hydroxylation sites is 1. The molecule has 2 aromatic carbocycles. The number of nitrogens with zero attached hydrogens (tertiary/aromatic N) is 1. The molecule has 0 amide bonds. The van der Waals surface area contributed by atoms with Crippen molar-refractivity contribution in [1.29, 1.82) is 0 Å². The Morgan fingerprint density at radius 1 is 1.18 bits per heavy atom. The molecule has 0 aromatic heterocycles. The Hall–Kier alpha value is -2.44. The van der Waals surface area contributed by atoms with E-state index in [1.54, 1.807) is 12.1 Å². The summed E-state index contributed by atoms with van der Waals surface area (Å²) in [6.45, 7) is 0.679. The monoisotopic (exact) mass is 302 g/mol. The maximum absolute atomic E-state index is 11.0. The van der Waals surface area contributed by atoms with Gasteiger partial charge in [0.15, 0.2) is 0 Å². The number of ether oxygens (including phenoxy) is 2. The summed E-state index contributed by atoms with van der Waals surface area (Å²) in [6, 6.07) is 13.9. The van der Waals surface area contributed by atoms with Gasteiger partial charge in [0, 0.05) is 11.6 Å². The zero-order chi connectivity index (χ0) is 15.9. The number of benzene rings is 2. The van der Waals surface area contributed by atoms with Crippen molar-refractivity contribution >= 4 is 5.69 Å². The molecule has 116 valence electrons. The highest BCUT2D eigenvalue weighted by Crippen LogP contribution is 2.33. The van der Waals surface area contributed by atoms with Crippen LogP contribution in [0.25, 0.3) is 0 Å². The van der Waals surface area contributed by atoms with E-state index in [0.29, 0.717) is 12.2 Å². The fourth-order valence-electron chi connectivity index (χ4n) is 2.17. The fourth-order valence-corrected chi connectivity index (χ4v) is 2.17. The van der Waals surface area contributed by atoms with Gasteiger partial charge in [-0.1, -0.05) is 42.5 Å². The van der Waals surface area contributed by atoms with Gasteiger partial charge in [-0.2, -0.15) is 0 Å². The van der Waals surface area contributed by atoms with Gasteiger partial charge in [-0.15, -0.1) is 0 Å². The van der Waals surface area contributed by atoms with Gasteiger partial charge in [0.25, 0.3) is 0 Å². The number of hydrogen-bond acceptors (Lipinski definition) is 5. The van der Waals surface area contributed by atoms with Gasteiger partial charge in [0.2, 0.25) is 5.75 Å². The zero-order valence-corrected chi connectivity index (χ0v) is 12.3. The first-order chi connectivity index (χ1) is 10.6. The number of nitro groups is 1. The highest BCUT2D eigenvalue weighted by Gasteiger charge is 2.21. The molecule has 0 aliphatic carbocycles. The van der Waals surface area contributed by atoms with Crippen molar-refractivity contribution in [3.63, 3.8) is 0 Å². The minimum atomic E-state index is -0.501. The highest BCUT2D eigenvalue weighted by atomic mass is 16.6. The summed E-state index contributed by atoms with van der Waals surface area (Å²) >= 11 is 0. The van der Waals surface area contributed by atoms with E-state index in [9.17, 15) is 10.1 Å². The molecule has 2 aromatic rings. The first kappa shape index (κ1) is 15.9. The topological polar surface area (TPSA) is 87.6 Å². The lowest BCUT2D eigenvalue weighted by atomic mass is 10.1. The van der Waals surface area contributed by atoms with Crippen molar-refractivity contribution in [2.24, 2.45) is 5.73 Å². The zero-order valence-electron chi connectivity index (χ0n) is 12.3. The van der Waals surface area contributed by atoms with E-state index in [-0.39, 0.29) is 18.0 Å². The van der Waals surface area contributed by atoms with Crippen LogP contribution in [-0.2, 0) is 11.3 Å². The van der Waals surface area contributed by atoms with E-state index < -0.39 is 11.0 Å². The van der Waals surface area contributed by atoms with Crippen LogP contribution in [0.3, 0.4) is 0 Å². The summed E-state index contributed by atoms with van der Waals surface area (Å²) in [4.78, 5) is 10.5.